The quantitative estimate of drug-likeness (QED) is 0.742. The van der Waals surface area contributed by atoms with Crippen molar-refractivity contribution in [3.63, 3.8) is 0 Å². The molecule has 0 saturated carbocycles. The summed E-state index contributed by atoms with van der Waals surface area (Å²) in [5.41, 5.74) is 2.84. The number of benzene rings is 1. The molecule has 6 nitrogen and oxygen atoms in total. The third-order valence-corrected chi connectivity index (χ3v) is 6.28. The highest BCUT2D eigenvalue weighted by atomic mass is 32.1. The second-order valence-corrected chi connectivity index (χ2v) is 8.40. The molecule has 1 saturated heterocycles. The summed E-state index contributed by atoms with van der Waals surface area (Å²) in [7, 11) is 2.14. The maximum absolute atomic E-state index is 12.9. The number of thiophene rings is 1. The van der Waals surface area contributed by atoms with Gasteiger partial charge in [-0.3, -0.25) is 14.5 Å². The van der Waals surface area contributed by atoms with Crippen LogP contribution in [-0.2, 0) is 9.59 Å². The molecular weight excluding hydrogens is 384 g/mol. The SMILES string of the molecule is CCCN1C(=O)C(Nc2ccc(N3CCN(C)CC3)cc2)=C(c2cccs2)C1=O. The lowest BCUT2D eigenvalue weighted by atomic mass is 10.1. The number of nitrogens with zero attached hydrogens (tertiary/aromatic N) is 3. The first kappa shape index (κ1) is 19.7. The van der Waals surface area contributed by atoms with Crippen molar-refractivity contribution < 1.29 is 9.59 Å². The average molecular weight is 411 g/mol. The van der Waals surface area contributed by atoms with E-state index in [1.165, 1.54) is 21.9 Å². The Labute approximate surface area is 175 Å². The molecule has 3 heterocycles. The summed E-state index contributed by atoms with van der Waals surface area (Å²) in [6, 6.07) is 11.9. The van der Waals surface area contributed by atoms with Crippen LogP contribution in [0.2, 0.25) is 0 Å². The lowest BCUT2D eigenvalue weighted by Gasteiger charge is -2.34. The molecule has 0 aliphatic carbocycles. The minimum Gasteiger partial charge on any atom is -0.369 e. The van der Waals surface area contributed by atoms with Crippen molar-refractivity contribution in [2.45, 2.75) is 13.3 Å². The number of likely N-dealkylation sites (N-methyl/N-ethyl adjacent to an activating group) is 1. The van der Waals surface area contributed by atoms with E-state index in [-0.39, 0.29) is 11.8 Å². The van der Waals surface area contributed by atoms with E-state index in [0.29, 0.717) is 17.8 Å². The van der Waals surface area contributed by atoms with E-state index in [1.54, 1.807) is 0 Å². The van der Waals surface area contributed by atoms with E-state index < -0.39 is 0 Å². The zero-order chi connectivity index (χ0) is 20.4. The van der Waals surface area contributed by atoms with Crippen LogP contribution < -0.4 is 10.2 Å². The predicted octanol–water partition coefficient (Wildman–Crippen LogP) is 3.10. The van der Waals surface area contributed by atoms with E-state index >= 15 is 0 Å². The molecule has 29 heavy (non-hydrogen) atoms. The molecule has 2 amide bonds. The first-order chi connectivity index (χ1) is 14.1. The average Bonchev–Trinajstić information content (AvgIpc) is 3.33. The van der Waals surface area contributed by atoms with Gasteiger partial charge in [0.25, 0.3) is 11.8 Å². The summed E-state index contributed by atoms with van der Waals surface area (Å²) >= 11 is 1.47. The molecule has 1 fully saturated rings. The predicted molar refractivity (Wildman–Crippen MR) is 118 cm³/mol. The number of nitrogens with one attached hydrogen (secondary N) is 1. The fourth-order valence-corrected chi connectivity index (χ4v) is 4.50. The molecule has 0 unspecified atom stereocenters. The van der Waals surface area contributed by atoms with Gasteiger partial charge in [0.15, 0.2) is 0 Å². The van der Waals surface area contributed by atoms with Gasteiger partial charge in [-0.05, 0) is 49.2 Å². The third kappa shape index (κ3) is 3.93. The molecule has 1 aromatic carbocycles. The van der Waals surface area contributed by atoms with Crippen LogP contribution in [-0.4, -0.2) is 61.4 Å². The Morgan fingerprint density at radius 1 is 1.00 bits per heavy atom. The molecule has 0 bridgehead atoms. The van der Waals surface area contributed by atoms with Crippen molar-refractivity contribution in [1.82, 2.24) is 9.80 Å². The fraction of sp³-hybridized carbons (Fsp3) is 0.364. The number of anilines is 2. The third-order valence-electron chi connectivity index (χ3n) is 5.39. The van der Waals surface area contributed by atoms with Crippen LogP contribution >= 0.6 is 11.3 Å². The largest absolute Gasteiger partial charge is 0.369 e. The topological polar surface area (TPSA) is 55.9 Å². The van der Waals surface area contributed by atoms with Crippen molar-refractivity contribution in [2.24, 2.45) is 0 Å². The number of hydrogen-bond donors (Lipinski definition) is 1. The molecule has 2 aliphatic heterocycles. The van der Waals surface area contributed by atoms with Gasteiger partial charge < -0.3 is 15.1 Å². The van der Waals surface area contributed by atoms with Gasteiger partial charge in [0, 0.05) is 49.0 Å². The Balaban J connectivity index is 1.57. The Kier molecular flexibility index (Phi) is 5.69. The first-order valence-electron chi connectivity index (χ1n) is 10.0. The molecule has 0 radical (unpaired) electrons. The van der Waals surface area contributed by atoms with Gasteiger partial charge in [0.05, 0.1) is 5.57 Å². The maximum Gasteiger partial charge on any atom is 0.278 e. The monoisotopic (exact) mass is 410 g/mol. The van der Waals surface area contributed by atoms with Crippen LogP contribution in [0.5, 0.6) is 0 Å². The first-order valence-corrected chi connectivity index (χ1v) is 10.9. The van der Waals surface area contributed by atoms with Gasteiger partial charge >= 0.3 is 0 Å². The van der Waals surface area contributed by atoms with Gasteiger partial charge in [0.2, 0.25) is 0 Å². The second kappa shape index (κ2) is 8.39. The number of piperazine rings is 1. The van der Waals surface area contributed by atoms with Gasteiger partial charge in [-0.25, -0.2) is 0 Å². The van der Waals surface area contributed by atoms with Crippen molar-refractivity contribution in [3.8, 4) is 0 Å². The standard InChI is InChI=1S/C22H26N4O2S/c1-3-10-26-21(27)19(18-5-4-15-29-18)20(22(26)28)23-16-6-8-17(9-7-16)25-13-11-24(2)12-14-25/h4-9,15,23H,3,10-14H2,1-2H3. The molecule has 0 spiro atoms. The summed E-state index contributed by atoms with van der Waals surface area (Å²) in [5.74, 6) is -0.459. The minimum atomic E-state index is -0.247. The second-order valence-electron chi connectivity index (χ2n) is 7.45. The van der Waals surface area contributed by atoms with E-state index in [4.69, 9.17) is 0 Å². The van der Waals surface area contributed by atoms with Crippen LogP contribution in [0.1, 0.15) is 18.2 Å². The lowest BCUT2D eigenvalue weighted by Crippen LogP contribution is -2.44. The van der Waals surface area contributed by atoms with Crippen LogP contribution in [0, 0.1) is 0 Å². The Morgan fingerprint density at radius 2 is 1.72 bits per heavy atom. The van der Waals surface area contributed by atoms with Crippen LogP contribution in [0.3, 0.4) is 0 Å². The van der Waals surface area contributed by atoms with E-state index in [1.807, 2.05) is 36.6 Å². The van der Waals surface area contributed by atoms with Gasteiger partial charge in [-0.2, -0.15) is 0 Å². The molecule has 1 N–H and O–H groups in total. The zero-order valence-electron chi connectivity index (χ0n) is 16.9. The summed E-state index contributed by atoms with van der Waals surface area (Å²) in [4.78, 5) is 32.7. The Bertz CT molecular complexity index is 913. The molecule has 152 valence electrons. The molecule has 2 aliphatic rings. The number of carbonyl (C=O) groups excluding carboxylic acids is 2. The summed E-state index contributed by atoms with van der Waals surface area (Å²) in [6.07, 6.45) is 0.738. The normalized spacial score (nSPS) is 18.1. The molecule has 7 heteroatoms. The highest BCUT2D eigenvalue weighted by molar-refractivity contribution is 7.11. The van der Waals surface area contributed by atoms with E-state index in [0.717, 1.165) is 43.2 Å². The van der Waals surface area contributed by atoms with E-state index in [9.17, 15) is 9.59 Å². The summed E-state index contributed by atoms with van der Waals surface area (Å²) in [5, 5.41) is 5.15. The fourth-order valence-electron chi connectivity index (χ4n) is 3.73. The molecule has 2 aromatic rings. The van der Waals surface area contributed by atoms with Crippen LogP contribution in [0.25, 0.3) is 5.57 Å². The number of carbonyl (C=O) groups is 2. The van der Waals surface area contributed by atoms with Gasteiger partial charge in [0.1, 0.15) is 5.70 Å². The molecule has 4 rings (SSSR count). The van der Waals surface area contributed by atoms with Gasteiger partial charge in [-0.15, -0.1) is 11.3 Å². The molecular formula is C22H26N4O2S. The van der Waals surface area contributed by atoms with Crippen LogP contribution in [0.4, 0.5) is 11.4 Å². The van der Waals surface area contributed by atoms with Crippen molar-refractivity contribution in [1.29, 1.82) is 0 Å². The Morgan fingerprint density at radius 3 is 2.34 bits per heavy atom. The van der Waals surface area contributed by atoms with Crippen molar-refractivity contribution in [3.05, 3.63) is 52.4 Å². The lowest BCUT2D eigenvalue weighted by molar-refractivity contribution is -0.136. The maximum atomic E-state index is 12.9. The molecule has 0 atom stereocenters. The highest BCUT2D eigenvalue weighted by Crippen LogP contribution is 2.33. The van der Waals surface area contributed by atoms with Crippen molar-refractivity contribution in [2.75, 3.05) is 50.0 Å². The van der Waals surface area contributed by atoms with E-state index in [2.05, 4.69) is 34.3 Å². The minimum absolute atomic E-state index is 0.212. The number of hydrogen-bond acceptors (Lipinski definition) is 6. The van der Waals surface area contributed by atoms with Crippen LogP contribution in [0.15, 0.2) is 47.5 Å². The Hall–Kier alpha value is -2.64. The number of rotatable bonds is 6. The van der Waals surface area contributed by atoms with Gasteiger partial charge in [-0.1, -0.05) is 13.0 Å². The number of imide groups is 1. The smallest absolute Gasteiger partial charge is 0.278 e. The summed E-state index contributed by atoms with van der Waals surface area (Å²) in [6.45, 7) is 6.53. The summed E-state index contributed by atoms with van der Waals surface area (Å²) < 4.78 is 0. The molecule has 1 aromatic heterocycles. The zero-order valence-corrected chi connectivity index (χ0v) is 17.7. The van der Waals surface area contributed by atoms with Crippen molar-refractivity contribution >= 4 is 40.1 Å². The highest BCUT2D eigenvalue weighted by Gasteiger charge is 2.39. The number of amides is 2.